The Morgan fingerprint density at radius 3 is 2.46 bits per heavy atom. The second kappa shape index (κ2) is 8.15. The van der Waals surface area contributed by atoms with Gasteiger partial charge in [-0.05, 0) is 44.5 Å². The van der Waals surface area contributed by atoms with Gasteiger partial charge in [-0.25, -0.2) is 22.7 Å². The average molecular weight is 395 g/mol. The van der Waals surface area contributed by atoms with E-state index in [0.29, 0.717) is 17.1 Å². The molecule has 0 saturated heterocycles. The van der Waals surface area contributed by atoms with Gasteiger partial charge in [-0.1, -0.05) is 17.8 Å². The van der Waals surface area contributed by atoms with Gasteiger partial charge in [-0.2, -0.15) is 0 Å². The maximum absolute atomic E-state index is 12.4. The van der Waals surface area contributed by atoms with Gasteiger partial charge in [-0.15, -0.1) is 0 Å². The minimum absolute atomic E-state index is 0.166. The lowest BCUT2D eigenvalue weighted by Gasteiger charge is -2.15. The Labute approximate surface area is 158 Å². The monoisotopic (exact) mass is 394 g/mol. The number of benzene rings is 1. The van der Waals surface area contributed by atoms with E-state index in [4.69, 9.17) is 0 Å². The highest BCUT2D eigenvalue weighted by atomic mass is 32.2. The summed E-state index contributed by atoms with van der Waals surface area (Å²) in [5, 5.41) is 3.46. The number of sulfonamides is 1. The Morgan fingerprint density at radius 1 is 1.15 bits per heavy atom. The van der Waals surface area contributed by atoms with Gasteiger partial charge < -0.3 is 5.32 Å². The Morgan fingerprint density at radius 2 is 1.85 bits per heavy atom. The Hall–Kier alpha value is -1.97. The summed E-state index contributed by atoms with van der Waals surface area (Å²) in [6, 6.07) is 6.66. The highest BCUT2D eigenvalue weighted by Gasteiger charge is 2.20. The van der Waals surface area contributed by atoms with Gasteiger partial charge in [-0.3, -0.25) is 4.79 Å². The molecular weight excluding hydrogens is 372 g/mol. The van der Waals surface area contributed by atoms with E-state index in [9.17, 15) is 13.2 Å². The summed E-state index contributed by atoms with van der Waals surface area (Å²) in [5.41, 5.74) is 1.91. The van der Waals surface area contributed by atoms with Crippen molar-refractivity contribution in [3.05, 3.63) is 41.3 Å². The molecule has 0 bridgehead atoms. The van der Waals surface area contributed by atoms with Crippen LogP contribution in [0.25, 0.3) is 0 Å². The number of carbonyl (C=O) groups excluding carboxylic acids is 1. The number of nitrogens with one attached hydrogen (secondary N) is 1. The van der Waals surface area contributed by atoms with Gasteiger partial charge in [0.1, 0.15) is 10.9 Å². The maximum Gasteiger partial charge on any atom is 0.242 e. The fraction of sp³-hybridized carbons (Fsp3) is 0.353. The van der Waals surface area contributed by atoms with Crippen LogP contribution in [0.2, 0.25) is 0 Å². The molecule has 2 aromatic rings. The molecule has 2 rings (SSSR count). The molecule has 0 spiro atoms. The summed E-state index contributed by atoms with van der Waals surface area (Å²) in [5.74, 6) is 0.588. The smallest absolute Gasteiger partial charge is 0.242 e. The molecule has 7 nitrogen and oxygen atoms in total. The lowest BCUT2D eigenvalue weighted by molar-refractivity contribution is -0.113. The molecule has 0 unspecified atom stereocenters. The van der Waals surface area contributed by atoms with Gasteiger partial charge in [0.15, 0.2) is 0 Å². The Balaban J connectivity index is 2.10. The van der Waals surface area contributed by atoms with E-state index >= 15 is 0 Å². The third kappa shape index (κ3) is 5.03. The zero-order valence-corrected chi connectivity index (χ0v) is 17.0. The normalized spacial score (nSPS) is 11.6. The van der Waals surface area contributed by atoms with E-state index in [1.165, 1.54) is 31.9 Å². The van der Waals surface area contributed by atoms with Crippen molar-refractivity contribution in [1.29, 1.82) is 0 Å². The highest BCUT2D eigenvalue weighted by Crippen LogP contribution is 2.23. The van der Waals surface area contributed by atoms with Crippen molar-refractivity contribution < 1.29 is 13.2 Å². The lowest BCUT2D eigenvalue weighted by Crippen LogP contribution is -2.23. The molecular formula is C17H22N4O3S2. The van der Waals surface area contributed by atoms with Crippen LogP contribution in [0.3, 0.4) is 0 Å². The van der Waals surface area contributed by atoms with Crippen molar-refractivity contribution in [1.82, 2.24) is 14.3 Å². The van der Waals surface area contributed by atoms with E-state index in [1.54, 1.807) is 26.0 Å². The Kier molecular flexibility index (Phi) is 6.38. The lowest BCUT2D eigenvalue weighted by atomic mass is 10.2. The maximum atomic E-state index is 12.4. The van der Waals surface area contributed by atoms with Crippen LogP contribution in [-0.4, -0.2) is 48.4 Å². The van der Waals surface area contributed by atoms with E-state index in [2.05, 4.69) is 15.3 Å². The van der Waals surface area contributed by atoms with E-state index in [-0.39, 0.29) is 16.6 Å². The van der Waals surface area contributed by atoms with Crippen molar-refractivity contribution in [3.63, 3.8) is 0 Å². The van der Waals surface area contributed by atoms with Crippen LogP contribution in [0.5, 0.6) is 0 Å². The van der Waals surface area contributed by atoms with Crippen molar-refractivity contribution in [2.45, 2.75) is 30.7 Å². The van der Waals surface area contributed by atoms with Crippen molar-refractivity contribution >= 4 is 33.4 Å². The van der Waals surface area contributed by atoms with Crippen molar-refractivity contribution in [2.24, 2.45) is 0 Å². The topological polar surface area (TPSA) is 92.3 Å². The quantitative estimate of drug-likeness (QED) is 0.597. The first-order valence-corrected chi connectivity index (χ1v) is 10.3. The van der Waals surface area contributed by atoms with Crippen LogP contribution in [-0.2, 0) is 14.8 Å². The molecule has 9 heteroatoms. The molecule has 0 fully saturated rings. The number of rotatable bonds is 6. The van der Waals surface area contributed by atoms with Crippen LogP contribution >= 0.6 is 11.8 Å². The summed E-state index contributed by atoms with van der Waals surface area (Å²) in [6.07, 6.45) is 0. The highest BCUT2D eigenvalue weighted by molar-refractivity contribution is 7.99. The SMILES string of the molecule is Cc1cc(SCC(=O)Nc2ccc(C)c(S(=O)(=O)N(C)C)c2)nc(C)n1. The van der Waals surface area contributed by atoms with Crippen LogP contribution < -0.4 is 5.32 Å². The molecule has 1 heterocycles. The zero-order valence-electron chi connectivity index (χ0n) is 15.4. The molecule has 0 saturated carbocycles. The molecule has 1 amide bonds. The fourth-order valence-electron chi connectivity index (χ4n) is 2.25. The summed E-state index contributed by atoms with van der Waals surface area (Å²) in [7, 11) is -0.622. The number of amides is 1. The van der Waals surface area contributed by atoms with Crippen LogP contribution in [0.1, 0.15) is 17.1 Å². The fourth-order valence-corrected chi connectivity index (χ4v) is 4.19. The largest absolute Gasteiger partial charge is 0.325 e. The van der Waals surface area contributed by atoms with Gasteiger partial charge in [0, 0.05) is 25.5 Å². The first kappa shape index (κ1) is 20.3. The molecule has 140 valence electrons. The van der Waals surface area contributed by atoms with Crippen LogP contribution in [0.15, 0.2) is 34.2 Å². The number of nitrogens with zero attached hydrogens (tertiary/aromatic N) is 3. The van der Waals surface area contributed by atoms with E-state index < -0.39 is 10.0 Å². The molecule has 1 aromatic carbocycles. The Bertz CT molecular complexity index is 907. The standard InChI is InChI=1S/C17H22N4O3S2/c1-11-6-7-14(9-15(11)26(23,24)21(4)5)20-16(22)10-25-17-8-12(2)18-13(3)19-17/h6-9H,10H2,1-5H3,(H,20,22). The molecule has 1 N–H and O–H groups in total. The minimum atomic E-state index is -3.57. The van der Waals surface area contributed by atoms with Crippen LogP contribution in [0, 0.1) is 20.8 Å². The number of hydrogen-bond acceptors (Lipinski definition) is 6. The van der Waals surface area contributed by atoms with Gasteiger partial charge in [0.2, 0.25) is 15.9 Å². The van der Waals surface area contributed by atoms with E-state index in [1.807, 2.05) is 13.0 Å². The summed E-state index contributed by atoms with van der Waals surface area (Å²) >= 11 is 1.30. The summed E-state index contributed by atoms with van der Waals surface area (Å²) < 4.78 is 25.9. The van der Waals surface area contributed by atoms with Gasteiger partial charge in [0.05, 0.1) is 10.6 Å². The molecule has 0 aliphatic rings. The number of carbonyl (C=O) groups is 1. The van der Waals surface area contributed by atoms with E-state index in [0.717, 1.165) is 15.0 Å². The second-order valence-corrected chi connectivity index (χ2v) is 9.12. The predicted octanol–water partition coefficient (Wildman–Crippen LogP) is 2.38. The first-order valence-electron chi connectivity index (χ1n) is 7.87. The molecule has 26 heavy (non-hydrogen) atoms. The third-order valence-electron chi connectivity index (χ3n) is 3.52. The molecule has 0 aliphatic heterocycles. The molecule has 0 atom stereocenters. The minimum Gasteiger partial charge on any atom is -0.325 e. The number of hydrogen-bond donors (Lipinski definition) is 1. The molecule has 0 aliphatic carbocycles. The predicted molar refractivity (Wildman–Crippen MR) is 103 cm³/mol. The molecule has 1 aromatic heterocycles. The first-order chi connectivity index (χ1) is 12.1. The van der Waals surface area contributed by atoms with Crippen molar-refractivity contribution in [3.8, 4) is 0 Å². The van der Waals surface area contributed by atoms with Crippen LogP contribution in [0.4, 0.5) is 5.69 Å². The number of thioether (sulfide) groups is 1. The van der Waals surface area contributed by atoms with Gasteiger partial charge in [0.25, 0.3) is 0 Å². The molecule has 0 radical (unpaired) electrons. The van der Waals surface area contributed by atoms with Gasteiger partial charge >= 0.3 is 0 Å². The summed E-state index contributed by atoms with van der Waals surface area (Å²) in [4.78, 5) is 20.9. The van der Waals surface area contributed by atoms with Crippen molar-refractivity contribution in [2.75, 3.05) is 25.2 Å². The zero-order chi connectivity index (χ0) is 19.5. The number of aryl methyl sites for hydroxylation is 3. The second-order valence-electron chi connectivity index (χ2n) is 6.00. The number of anilines is 1. The number of aromatic nitrogens is 2. The average Bonchev–Trinajstić information content (AvgIpc) is 2.53. The third-order valence-corrected chi connectivity index (χ3v) is 6.39. The summed E-state index contributed by atoms with van der Waals surface area (Å²) in [6.45, 7) is 5.39.